The molecule has 3 nitrogen and oxygen atoms in total. The van der Waals surface area contributed by atoms with E-state index in [0.717, 1.165) is 38.4 Å². The van der Waals surface area contributed by atoms with Crippen LogP contribution in [0.25, 0.3) is 0 Å². The van der Waals surface area contributed by atoms with E-state index in [-0.39, 0.29) is 5.91 Å². The van der Waals surface area contributed by atoms with Crippen LogP contribution in [0, 0.1) is 22.7 Å². The highest BCUT2D eigenvalue weighted by atomic mass is 16.2. The molecule has 2 N–H and O–H groups in total. The smallest absolute Gasteiger partial charge is 0.223 e. The van der Waals surface area contributed by atoms with Gasteiger partial charge in [0.25, 0.3) is 0 Å². The molecule has 3 aliphatic rings. The predicted octanol–water partition coefficient (Wildman–Crippen LogP) is 0.758. The summed E-state index contributed by atoms with van der Waals surface area (Å²) in [5.41, 5.74) is 0.793. The third-order valence-electron chi connectivity index (χ3n) is 5.30. The number of rotatable bonds is 3. The molecule has 1 amide bonds. The van der Waals surface area contributed by atoms with Crippen LogP contribution in [-0.2, 0) is 4.79 Å². The number of nitrogens with one attached hydrogen (secondary N) is 2. The first kappa shape index (κ1) is 9.64. The maximum Gasteiger partial charge on any atom is 0.223 e. The van der Waals surface area contributed by atoms with Crippen LogP contribution in [0.3, 0.4) is 0 Å². The van der Waals surface area contributed by atoms with Crippen molar-refractivity contribution in [1.29, 1.82) is 0 Å². The molecule has 0 unspecified atom stereocenters. The Bertz CT molecular complexity index is 313. The van der Waals surface area contributed by atoms with Crippen LogP contribution >= 0.6 is 0 Å². The second-order valence-electron chi connectivity index (χ2n) is 5.89. The van der Waals surface area contributed by atoms with Gasteiger partial charge >= 0.3 is 0 Å². The second-order valence-corrected chi connectivity index (χ2v) is 5.89. The summed E-state index contributed by atoms with van der Waals surface area (Å²) in [5.74, 6) is 1.39. The molecule has 3 fully saturated rings. The van der Waals surface area contributed by atoms with E-state index in [4.69, 9.17) is 0 Å². The number of piperidine rings is 1. The van der Waals surface area contributed by atoms with E-state index in [9.17, 15) is 4.79 Å². The van der Waals surface area contributed by atoms with Crippen LogP contribution in [0.1, 0.15) is 26.7 Å². The van der Waals surface area contributed by atoms with E-state index in [0.29, 0.717) is 16.7 Å². The van der Waals surface area contributed by atoms with E-state index in [1.165, 1.54) is 0 Å². The van der Waals surface area contributed by atoms with Crippen LogP contribution in [0.15, 0.2) is 0 Å². The first-order valence-electron chi connectivity index (χ1n) is 6.09. The summed E-state index contributed by atoms with van der Waals surface area (Å²) >= 11 is 0. The van der Waals surface area contributed by atoms with Gasteiger partial charge in [-0.05, 0) is 24.2 Å². The van der Waals surface area contributed by atoms with Crippen LogP contribution in [-0.4, -0.2) is 25.5 Å². The minimum Gasteiger partial charge on any atom is -0.355 e. The van der Waals surface area contributed by atoms with Crippen molar-refractivity contribution < 1.29 is 4.79 Å². The SMILES string of the molecule is C[C@@H]1[C@]2(CNC(=O)C3CC3)CNC[C@]12C. The molecule has 0 aromatic heterocycles. The number of fused-ring (bicyclic) bond motifs is 1. The Morgan fingerprint density at radius 2 is 2.20 bits per heavy atom. The molecule has 0 radical (unpaired) electrons. The molecule has 2 saturated carbocycles. The number of carbonyl (C=O) groups is 1. The summed E-state index contributed by atoms with van der Waals surface area (Å²) in [6.45, 7) is 7.75. The molecule has 0 bridgehead atoms. The van der Waals surface area contributed by atoms with E-state index < -0.39 is 0 Å². The fourth-order valence-corrected chi connectivity index (χ4v) is 3.49. The highest BCUT2D eigenvalue weighted by molar-refractivity contribution is 5.80. The lowest BCUT2D eigenvalue weighted by atomic mass is 9.98. The fourth-order valence-electron chi connectivity index (χ4n) is 3.49. The minimum atomic E-state index is 0.290. The molecule has 3 atom stereocenters. The largest absolute Gasteiger partial charge is 0.355 e. The Morgan fingerprint density at radius 1 is 1.47 bits per heavy atom. The zero-order valence-corrected chi connectivity index (χ0v) is 9.60. The van der Waals surface area contributed by atoms with Gasteiger partial charge in [-0.15, -0.1) is 0 Å². The maximum atomic E-state index is 11.6. The van der Waals surface area contributed by atoms with Crippen molar-refractivity contribution in [1.82, 2.24) is 10.6 Å². The molecule has 1 saturated heterocycles. The summed E-state index contributed by atoms with van der Waals surface area (Å²) < 4.78 is 0. The second kappa shape index (κ2) is 2.76. The Labute approximate surface area is 91.0 Å². The minimum absolute atomic E-state index is 0.290. The Morgan fingerprint density at radius 3 is 2.73 bits per heavy atom. The maximum absolute atomic E-state index is 11.6. The van der Waals surface area contributed by atoms with Gasteiger partial charge in [0.05, 0.1) is 0 Å². The first-order valence-corrected chi connectivity index (χ1v) is 6.09. The average Bonchev–Trinajstić information content (AvgIpc) is 3.08. The average molecular weight is 208 g/mol. The standard InChI is InChI=1S/C12H20N2O/c1-8-11(2)5-13-6-12(8,11)7-14-10(15)9-3-4-9/h8-9,13H,3-7H2,1-2H3,(H,14,15)/t8-,11+,12+/m0/s1. The monoisotopic (exact) mass is 208 g/mol. The van der Waals surface area contributed by atoms with Crippen molar-refractivity contribution in [2.24, 2.45) is 22.7 Å². The Kier molecular flexibility index (Phi) is 1.77. The van der Waals surface area contributed by atoms with Crippen molar-refractivity contribution >= 4 is 5.91 Å². The topological polar surface area (TPSA) is 41.1 Å². The predicted molar refractivity (Wildman–Crippen MR) is 58.3 cm³/mol. The molecular formula is C12H20N2O. The zero-order chi connectivity index (χ0) is 10.7. The van der Waals surface area contributed by atoms with Crippen LogP contribution in [0.5, 0.6) is 0 Å². The number of hydrogen-bond donors (Lipinski definition) is 2. The van der Waals surface area contributed by atoms with Crippen LogP contribution in [0.4, 0.5) is 0 Å². The first-order chi connectivity index (χ1) is 7.10. The number of hydrogen-bond acceptors (Lipinski definition) is 2. The van der Waals surface area contributed by atoms with Crippen LogP contribution < -0.4 is 10.6 Å². The molecule has 0 spiro atoms. The Hall–Kier alpha value is -0.570. The highest BCUT2D eigenvalue weighted by Gasteiger charge is 2.73. The van der Waals surface area contributed by atoms with Crippen molar-refractivity contribution in [3.63, 3.8) is 0 Å². The summed E-state index contributed by atoms with van der Waals surface area (Å²) in [7, 11) is 0. The zero-order valence-electron chi connectivity index (χ0n) is 9.60. The van der Waals surface area contributed by atoms with Gasteiger partial charge in [0.15, 0.2) is 0 Å². The molecule has 0 aromatic rings. The normalized spacial score (nSPS) is 47.5. The number of carbonyl (C=O) groups excluding carboxylic acids is 1. The molecular weight excluding hydrogens is 188 g/mol. The molecule has 84 valence electrons. The number of amides is 1. The van der Waals surface area contributed by atoms with Gasteiger partial charge in [0.1, 0.15) is 0 Å². The van der Waals surface area contributed by atoms with Gasteiger partial charge in [-0.1, -0.05) is 13.8 Å². The lowest BCUT2D eigenvalue weighted by Crippen LogP contribution is -2.35. The quantitative estimate of drug-likeness (QED) is 0.719. The lowest BCUT2D eigenvalue weighted by Gasteiger charge is -2.15. The summed E-state index contributed by atoms with van der Waals surface area (Å²) in [6.07, 6.45) is 2.20. The van der Waals surface area contributed by atoms with Gasteiger partial charge in [-0.3, -0.25) is 4.79 Å². The van der Waals surface area contributed by atoms with E-state index in [1.807, 2.05) is 0 Å². The molecule has 0 aromatic carbocycles. The molecule has 1 heterocycles. The van der Waals surface area contributed by atoms with Gasteiger partial charge in [0, 0.05) is 31.0 Å². The lowest BCUT2D eigenvalue weighted by molar-refractivity contribution is -0.122. The van der Waals surface area contributed by atoms with Crippen molar-refractivity contribution in [2.75, 3.05) is 19.6 Å². The van der Waals surface area contributed by atoms with E-state index in [2.05, 4.69) is 24.5 Å². The van der Waals surface area contributed by atoms with Gasteiger partial charge in [-0.25, -0.2) is 0 Å². The highest BCUT2D eigenvalue weighted by Crippen LogP contribution is 2.70. The molecule has 2 aliphatic carbocycles. The van der Waals surface area contributed by atoms with E-state index in [1.54, 1.807) is 0 Å². The van der Waals surface area contributed by atoms with Gasteiger partial charge < -0.3 is 10.6 Å². The third kappa shape index (κ3) is 1.13. The fraction of sp³-hybridized carbons (Fsp3) is 0.917. The summed E-state index contributed by atoms with van der Waals surface area (Å²) in [6, 6.07) is 0. The van der Waals surface area contributed by atoms with Crippen LogP contribution in [0.2, 0.25) is 0 Å². The van der Waals surface area contributed by atoms with Crippen molar-refractivity contribution in [3.8, 4) is 0 Å². The van der Waals surface area contributed by atoms with Gasteiger partial charge in [-0.2, -0.15) is 0 Å². The summed E-state index contributed by atoms with van der Waals surface area (Å²) in [5, 5.41) is 6.60. The van der Waals surface area contributed by atoms with Crippen molar-refractivity contribution in [2.45, 2.75) is 26.7 Å². The van der Waals surface area contributed by atoms with E-state index >= 15 is 0 Å². The molecule has 15 heavy (non-hydrogen) atoms. The van der Waals surface area contributed by atoms with Crippen molar-refractivity contribution in [3.05, 3.63) is 0 Å². The Balaban J connectivity index is 1.61. The summed E-state index contributed by atoms with van der Waals surface area (Å²) in [4.78, 5) is 11.6. The molecule has 1 aliphatic heterocycles. The van der Waals surface area contributed by atoms with Gasteiger partial charge in [0.2, 0.25) is 5.91 Å². The third-order valence-corrected chi connectivity index (χ3v) is 5.30. The molecule has 3 heteroatoms. The molecule has 3 rings (SSSR count).